The molecule has 1 N–H and O–H groups in total. The van der Waals surface area contributed by atoms with Gasteiger partial charge in [-0.3, -0.25) is 18.9 Å². The summed E-state index contributed by atoms with van der Waals surface area (Å²) in [6.07, 6.45) is 11.0. The molecule has 0 atom stereocenters. The van der Waals surface area contributed by atoms with E-state index in [1.165, 1.54) is 15.3 Å². The first kappa shape index (κ1) is 20.9. The SMILES string of the molecule is O=c1c(C=Nc2cccc(Cl)c2)c(O)n(C2CCCCC2)c(=O)n1C1CCCCC1. The Balaban J connectivity index is 1.85. The summed E-state index contributed by atoms with van der Waals surface area (Å²) in [5.41, 5.74) is -0.176. The summed E-state index contributed by atoms with van der Waals surface area (Å²) in [7, 11) is 0. The third-order valence-electron chi connectivity index (χ3n) is 6.36. The molecule has 2 fully saturated rings. The molecule has 160 valence electrons. The number of aromatic nitrogens is 2. The Labute approximate surface area is 180 Å². The molecule has 0 amide bonds. The number of rotatable bonds is 4. The van der Waals surface area contributed by atoms with Gasteiger partial charge >= 0.3 is 5.69 Å². The Kier molecular flexibility index (Phi) is 6.42. The topological polar surface area (TPSA) is 76.6 Å². The summed E-state index contributed by atoms with van der Waals surface area (Å²) in [6.45, 7) is 0. The number of halogens is 1. The lowest BCUT2D eigenvalue weighted by Gasteiger charge is -2.29. The van der Waals surface area contributed by atoms with E-state index in [1.54, 1.807) is 24.3 Å². The molecule has 2 aromatic rings. The van der Waals surface area contributed by atoms with Gasteiger partial charge in [-0.25, -0.2) is 4.79 Å². The van der Waals surface area contributed by atoms with Crippen molar-refractivity contribution in [3.8, 4) is 5.88 Å². The molecule has 1 heterocycles. The minimum atomic E-state index is -0.456. The lowest BCUT2D eigenvalue weighted by molar-refractivity contribution is 0.271. The fourth-order valence-electron chi connectivity index (χ4n) is 4.79. The molecular formula is C23H28ClN3O3. The first-order valence-electron chi connectivity index (χ1n) is 11.0. The van der Waals surface area contributed by atoms with Crippen LogP contribution in [0.3, 0.4) is 0 Å². The van der Waals surface area contributed by atoms with Crippen molar-refractivity contribution in [1.29, 1.82) is 0 Å². The van der Waals surface area contributed by atoms with Crippen LogP contribution in [0.25, 0.3) is 0 Å². The highest BCUT2D eigenvalue weighted by Crippen LogP contribution is 2.31. The van der Waals surface area contributed by atoms with Gasteiger partial charge in [-0.1, -0.05) is 56.2 Å². The van der Waals surface area contributed by atoms with Gasteiger partial charge in [0.25, 0.3) is 5.56 Å². The lowest BCUT2D eigenvalue weighted by atomic mass is 9.94. The molecule has 7 heteroatoms. The first-order valence-corrected chi connectivity index (χ1v) is 11.3. The standard InChI is InChI=1S/C23H28ClN3O3/c24-16-8-7-9-17(14-16)25-15-20-21(28)26(18-10-3-1-4-11-18)23(30)27(22(20)29)19-12-5-2-6-13-19/h7-9,14-15,18-19,28H,1-6,10-13H2. The van der Waals surface area contributed by atoms with Gasteiger partial charge in [0.15, 0.2) is 0 Å². The van der Waals surface area contributed by atoms with Crippen LogP contribution in [-0.4, -0.2) is 20.5 Å². The van der Waals surface area contributed by atoms with E-state index in [2.05, 4.69) is 4.99 Å². The highest BCUT2D eigenvalue weighted by molar-refractivity contribution is 6.30. The summed E-state index contributed by atoms with van der Waals surface area (Å²) in [5.74, 6) is -0.269. The smallest absolute Gasteiger partial charge is 0.334 e. The molecule has 30 heavy (non-hydrogen) atoms. The third kappa shape index (κ3) is 4.24. The number of benzene rings is 1. The van der Waals surface area contributed by atoms with Crippen LogP contribution < -0.4 is 11.2 Å². The molecule has 0 radical (unpaired) electrons. The number of aliphatic imine (C=N–C) groups is 1. The zero-order chi connectivity index (χ0) is 21.1. The summed E-state index contributed by atoms with van der Waals surface area (Å²) >= 11 is 6.03. The largest absolute Gasteiger partial charge is 0.494 e. The average Bonchev–Trinajstić information content (AvgIpc) is 2.75. The van der Waals surface area contributed by atoms with Crippen LogP contribution in [-0.2, 0) is 0 Å². The van der Waals surface area contributed by atoms with E-state index in [4.69, 9.17) is 11.6 Å². The van der Waals surface area contributed by atoms with Crippen LogP contribution in [0.15, 0.2) is 38.8 Å². The summed E-state index contributed by atoms with van der Waals surface area (Å²) in [5, 5.41) is 11.5. The van der Waals surface area contributed by atoms with Gasteiger partial charge in [0.1, 0.15) is 5.56 Å². The summed E-state index contributed by atoms with van der Waals surface area (Å²) in [6, 6.07) is 6.78. The van der Waals surface area contributed by atoms with Crippen molar-refractivity contribution in [2.45, 2.75) is 76.3 Å². The summed E-state index contributed by atoms with van der Waals surface area (Å²) in [4.78, 5) is 31.1. The molecular weight excluding hydrogens is 402 g/mol. The maximum absolute atomic E-state index is 13.4. The molecule has 2 aliphatic rings. The zero-order valence-corrected chi connectivity index (χ0v) is 17.9. The van der Waals surface area contributed by atoms with E-state index in [-0.39, 0.29) is 29.2 Å². The Morgan fingerprint density at radius 3 is 2.13 bits per heavy atom. The minimum absolute atomic E-state index is 0.0747. The van der Waals surface area contributed by atoms with Crippen molar-refractivity contribution in [3.63, 3.8) is 0 Å². The molecule has 1 aromatic carbocycles. The molecule has 0 aliphatic heterocycles. The van der Waals surface area contributed by atoms with Crippen LogP contribution in [0.1, 0.15) is 81.9 Å². The van der Waals surface area contributed by atoms with Gasteiger partial charge < -0.3 is 5.11 Å². The average molecular weight is 430 g/mol. The van der Waals surface area contributed by atoms with E-state index < -0.39 is 5.56 Å². The van der Waals surface area contributed by atoms with Crippen LogP contribution in [0.5, 0.6) is 5.88 Å². The van der Waals surface area contributed by atoms with Gasteiger partial charge in [0.05, 0.1) is 5.69 Å². The van der Waals surface area contributed by atoms with Crippen LogP contribution in [0.4, 0.5) is 5.69 Å². The summed E-state index contributed by atoms with van der Waals surface area (Å²) < 4.78 is 2.83. The Bertz CT molecular complexity index is 1040. The number of nitrogens with zero attached hydrogens (tertiary/aromatic N) is 3. The molecule has 6 nitrogen and oxygen atoms in total. The Morgan fingerprint density at radius 2 is 1.53 bits per heavy atom. The van der Waals surface area contributed by atoms with Gasteiger partial charge in [0.2, 0.25) is 5.88 Å². The predicted octanol–water partition coefficient (Wildman–Crippen LogP) is 5.13. The third-order valence-corrected chi connectivity index (χ3v) is 6.60. The minimum Gasteiger partial charge on any atom is -0.494 e. The quantitative estimate of drug-likeness (QED) is 0.684. The van der Waals surface area contributed by atoms with Gasteiger partial charge in [-0.05, 0) is 43.9 Å². The van der Waals surface area contributed by atoms with E-state index in [0.717, 1.165) is 64.2 Å². The predicted molar refractivity (Wildman–Crippen MR) is 120 cm³/mol. The van der Waals surface area contributed by atoms with Crippen LogP contribution >= 0.6 is 11.6 Å². The monoisotopic (exact) mass is 429 g/mol. The van der Waals surface area contributed by atoms with Gasteiger partial charge in [0, 0.05) is 23.3 Å². The second kappa shape index (κ2) is 9.21. The molecule has 0 unspecified atom stereocenters. The number of hydrogen-bond acceptors (Lipinski definition) is 4. The molecule has 0 spiro atoms. The van der Waals surface area contributed by atoms with E-state index >= 15 is 0 Å². The second-order valence-electron chi connectivity index (χ2n) is 8.39. The first-order chi connectivity index (χ1) is 14.6. The highest BCUT2D eigenvalue weighted by Gasteiger charge is 2.28. The maximum Gasteiger partial charge on any atom is 0.334 e. The fraction of sp³-hybridized carbons (Fsp3) is 0.522. The van der Waals surface area contributed by atoms with E-state index in [0.29, 0.717) is 10.7 Å². The van der Waals surface area contributed by atoms with E-state index in [9.17, 15) is 14.7 Å². The van der Waals surface area contributed by atoms with E-state index in [1.807, 2.05) is 0 Å². The molecule has 4 rings (SSSR count). The molecule has 0 saturated heterocycles. The van der Waals surface area contributed by atoms with Crippen LogP contribution in [0.2, 0.25) is 5.02 Å². The number of hydrogen-bond donors (Lipinski definition) is 1. The Morgan fingerprint density at radius 1 is 0.933 bits per heavy atom. The molecule has 2 aliphatic carbocycles. The van der Waals surface area contributed by atoms with Crippen molar-refractivity contribution >= 4 is 23.5 Å². The lowest BCUT2D eigenvalue weighted by Crippen LogP contribution is -2.45. The van der Waals surface area contributed by atoms with Crippen molar-refractivity contribution in [3.05, 3.63) is 55.7 Å². The van der Waals surface area contributed by atoms with Crippen LogP contribution in [0, 0.1) is 0 Å². The molecule has 2 saturated carbocycles. The number of aromatic hydroxyl groups is 1. The van der Waals surface area contributed by atoms with Crippen molar-refractivity contribution in [1.82, 2.24) is 9.13 Å². The van der Waals surface area contributed by atoms with Crippen molar-refractivity contribution < 1.29 is 5.11 Å². The normalized spacial score (nSPS) is 18.8. The highest BCUT2D eigenvalue weighted by atomic mass is 35.5. The fourth-order valence-corrected chi connectivity index (χ4v) is 4.97. The van der Waals surface area contributed by atoms with Crippen molar-refractivity contribution in [2.24, 2.45) is 4.99 Å². The maximum atomic E-state index is 13.4. The van der Waals surface area contributed by atoms with Gasteiger partial charge in [-0.2, -0.15) is 0 Å². The second-order valence-corrected chi connectivity index (χ2v) is 8.82. The molecule has 1 aromatic heterocycles. The molecule has 0 bridgehead atoms. The Hall–Kier alpha value is -2.34. The van der Waals surface area contributed by atoms with Gasteiger partial charge in [-0.15, -0.1) is 0 Å². The van der Waals surface area contributed by atoms with Crippen molar-refractivity contribution in [2.75, 3.05) is 0 Å². The zero-order valence-electron chi connectivity index (χ0n) is 17.1.